The standard InChI is InChI=1S/C10H17ClN2O2S2/c1-8(2)10-12-9(17(11,14)15)7-13(10)5-4-6-16-3/h7-8H,4-6H2,1-3H3. The van der Waals surface area contributed by atoms with Gasteiger partial charge in [-0.1, -0.05) is 13.8 Å². The van der Waals surface area contributed by atoms with Gasteiger partial charge in [0, 0.05) is 29.3 Å². The highest BCUT2D eigenvalue weighted by Crippen LogP contribution is 2.20. The average Bonchev–Trinajstić information content (AvgIpc) is 2.61. The predicted molar refractivity (Wildman–Crippen MR) is 72.4 cm³/mol. The van der Waals surface area contributed by atoms with E-state index in [2.05, 4.69) is 4.98 Å². The summed E-state index contributed by atoms with van der Waals surface area (Å²) in [5.41, 5.74) is 0. The van der Waals surface area contributed by atoms with Crippen molar-refractivity contribution in [2.24, 2.45) is 0 Å². The Labute approximate surface area is 111 Å². The fraction of sp³-hybridized carbons (Fsp3) is 0.700. The number of hydrogen-bond acceptors (Lipinski definition) is 4. The molecule has 0 fully saturated rings. The lowest BCUT2D eigenvalue weighted by Crippen LogP contribution is -2.05. The summed E-state index contributed by atoms with van der Waals surface area (Å²) in [6.45, 7) is 4.74. The minimum absolute atomic E-state index is 0.0491. The summed E-state index contributed by atoms with van der Waals surface area (Å²) in [5.74, 6) is 1.99. The third-order valence-electron chi connectivity index (χ3n) is 2.30. The first-order valence-electron chi connectivity index (χ1n) is 5.37. The van der Waals surface area contributed by atoms with Crippen molar-refractivity contribution in [1.29, 1.82) is 0 Å². The molecular formula is C10H17ClN2O2S2. The van der Waals surface area contributed by atoms with Gasteiger partial charge in [0.2, 0.25) is 0 Å². The molecule has 1 aromatic rings. The van der Waals surface area contributed by atoms with Gasteiger partial charge in [-0.15, -0.1) is 0 Å². The molecule has 0 aliphatic heterocycles. The van der Waals surface area contributed by atoms with E-state index in [-0.39, 0.29) is 10.9 Å². The Morgan fingerprint density at radius 3 is 2.65 bits per heavy atom. The molecule has 0 aliphatic rings. The lowest BCUT2D eigenvalue weighted by molar-refractivity contribution is 0.606. The number of imidazole rings is 1. The number of thioether (sulfide) groups is 1. The molecule has 0 saturated carbocycles. The van der Waals surface area contributed by atoms with Gasteiger partial charge in [0.1, 0.15) is 5.82 Å². The third-order valence-corrected chi connectivity index (χ3v) is 4.17. The SMILES string of the molecule is CSCCCn1cc(S(=O)(=O)Cl)nc1C(C)C. The van der Waals surface area contributed by atoms with Crippen molar-refractivity contribution in [3.8, 4) is 0 Å². The summed E-state index contributed by atoms with van der Waals surface area (Å²) in [6, 6.07) is 0. The van der Waals surface area contributed by atoms with Gasteiger partial charge in [0.05, 0.1) is 0 Å². The van der Waals surface area contributed by atoms with Gasteiger partial charge in [-0.25, -0.2) is 13.4 Å². The molecule has 1 rings (SSSR count). The van der Waals surface area contributed by atoms with E-state index < -0.39 is 9.05 Å². The lowest BCUT2D eigenvalue weighted by Gasteiger charge is -2.09. The normalized spacial score (nSPS) is 12.3. The van der Waals surface area contributed by atoms with E-state index in [1.807, 2.05) is 24.7 Å². The minimum atomic E-state index is -3.73. The van der Waals surface area contributed by atoms with Crippen LogP contribution in [0, 0.1) is 0 Å². The minimum Gasteiger partial charge on any atom is -0.333 e. The first-order valence-corrected chi connectivity index (χ1v) is 9.07. The Morgan fingerprint density at radius 1 is 1.53 bits per heavy atom. The molecule has 0 amide bonds. The van der Waals surface area contributed by atoms with E-state index in [4.69, 9.17) is 10.7 Å². The quantitative estimate of drug-likeness (QED) is 0.598. The number of rotatable bonds is 6. The molecule has 1 aromatic heterocycles. The van der Waals surface area contributed by atoms with Crippen LogP contribution in [0.4, 0.5) is 0 Å². The Bertz CT molecular complexity index is 469. The topological polar surface area (TPSA) is 52.0 Å². The van der Waals surface area contributed by atoms with Crippen molar-refractivity contribution in [2.75, 3.05) is 12.0 Å². The van der Waals surface area contributed by atoms with E-state index in [0.29, 0.717) is 0 Å². The molecule has 0 atom stereocenters. The predicted octanol–water partition coefficient (Wildman–Crippen LogP) is 2.69. The molecule has 7 heteroatoms. The van der Waals surface area contributed by atoms with Crippen molar-refractivity contribution in [3.05, 3.63) is 12.0 Å². The van der Waals surface area contributed by atoms with Gasteiger partial charge in [-0.05, 0) is 18.4 Å². The molecule has 98 valence electrons. The monoisotopic (exact) mass is 296 g/mol. The van der Waals surface area contributed by atoms with Crippen molar-refractivity contribution in [3.63, 3.8) is 0 Å². The second-order valence-electron chi connectivity index (χ2n) is 4.07. The van der Waals surface area contributed by atoms with Crippen molar-refractivity contribution in [1.82, 2.24) is 9.55 Å². The van der Waals surface area contributed by atoms with Gasteiger partial charge in [-0.3, -0.25) is 0 Å². The van der Waals surface area contributed by atoms with Gasteiger partial charge < -0.3 is 4.57 Å². The van der Waals surface area contributed by atoms with E-state index in [0.717, 1.165) is 24.5 Å². The number of aryl methyl sites for hydroxylation is 1. The van der Waals surface area contributed by atoms with Crippen LogP contribution in [-0.2, 0) is 15.6 Å². The molecule has 0 N–H and O–H groups in total. The van der Waals surface area contributed by atoms with Gasteiger partial charge in [-0.2, -0.15) is 11.8 Å². The van der Waals surface area contributed by atoms with E-state index >= 15 is 0 Å². The molecule has 0 spiro atoms. The van der Waals surface area contributed by atoms with Crippen LogP contribution in [0.3, 0.4) is 0 Å². The molecule has 17 heavy (non-hydrogen) atoms. The number of aromatic nitrogens is 2. The summed E-state index contributed by atoms with van der Waals surface area (Å²) in [5, 5.41) is -0.0491. The molecule has 0 saturated heterocycles. The smallest absolute Gasteiger partial charge is 0.280 e. The summed E-state index contributed by atoms with van der Waals surface area (Å²) >= 11 is 1.77. The molecule has 1 heterocycles. The van der Waals surface area contributed by atoms with Gasteiger partial charge in [0.15, 0.2) is 5.03 Å². The fourth-order valence-electron chi connectivity index (χ4n) is 1.54. The molecule has 0 unspecified atom stereocenters. The third kappa shape index (κ3) is 4.19. The van der Waals surface area contributed by atoms with Crippen LogP contribution in [0.15, 0.2) is 11.2 Å². The van der Waals surface area contributed by atoms with Crippen LogP contribution in [0.5, 0.6) is 0 Å². The second-order valence-corrected chi connectivity index (χ2v) is 7.57. The van der Waals surface area contributed by atoms with E-state index in [9.17, 15) is 8.42 Å². The Balaban J connectivity index is 2.98. The first kappa shape index (κ1) is 14.9. The number of nitrogens with zero attached hydrogens (tertiary/aromatic N) is 2. The van der Waals surface area contributed by atoms with E-state index in [1.54, 1.807) is 11.8 Å². The van der Waals surface area contributed by atoms with Crippen LogP contribution in [0.1, 0.15) is 32.0 Å². The van der Waals surface area contributed by atoms with Crippen LogP contribution in [-0.4, -0.2) is 30.0 Å². The van der Waals surface area contributed by atoms with Crippen molar-refractivity contribution in [2.45, 2.75) is 37.8 Å². The van der Waals surface area contributed by atoms with Crippen LogP contribution >= 0.6 is 22.4 Å². The largest absolute Gasteiger partial charge is 0.333 e. The van der Waals surface area contributed by atoms with Crippen molar-refractivity contribution < 1.29 is 8.42 Å². The Kier molecular flexibility index (Phi) is 5.34. The van der Waals surface area contributed by atoms with Gasteiger partial charge in [0.25, 0.3) is 9.05 Å². The Morgan fingerprint density at radius 2 is 2.18 bits per heavy atom. The first-order chi connectivity index (χ1) is 7.86. The highest BCUT2D eigenvalue weighted by molar-refractivity contribution is 8.13. The average molecular weight is 297 g/mol. The van der Waals surface area contributed by atoms with Crippen molar-refractivity contribution >= 4 is 31.5 Å². The van der Waals surface area contributed by atoms with Crippen LogP contribution in [0.2, 0.25) is 0 Å². The highest BCUT2D eigenvalue weighted by atomic mass is 35.7. The zero-order valence-corrected chi connectivity index (χ0v) is 12.6. The fourth-order valence-corrected chi connectivity index (χ4v) is 2.64. The summed E-state index contributed by atoms with van der Waals surface area (Å²) in [7, 11) is 1.57. The summed E-state index contributed by atoms with van der Waals surface area (Å²) in [4.78, 5) is 4.10. The zero-order chi connectivity index (χ0) is 13.1. The highest BCUT2D eigenvalue weighted by Gasteiger charge is 2.19. The second kappa shape index (κ2) is 6.11. The molecular weight excluding hydrogens is 280 g/mol. The maximum atomic E-state index is 11.2. The maximum Gasteiger partial charge on any atom is 0.280 e. The number of hydrogen-bond donors (Lipinski definition) is 0. The van der Waals surface area contributed by atoms with Crippen LogP contribution < -0.4 is 0 Å². The molecule has 0 bridgehead atoms. The van der Waals surface area contributed by atoms with Crippen LogP contribution in [0.25, 0.3) is 0 Å². The zero-order valence-electron chi connectivity index (χ0n) is 10.2. The maximum absolute atomic E-state index is 11.2. The number of halogens is 1. The summed E-state index contributed by atoms with van der Waals surface area (Å²) in [6.07, 6.45) is 4.56. The molecule has 0 aliphatic carbocycles. The Hall–Kier alpha value is -0.200. The lowest BCUT2D eigenvalue weighted by atomic mass is 10.2. The molecule has 4 nitrogen and oxygen atoms in total. The van der Waals surface area contributed by atoms with Gasteiger partial charge >= 0.3 is 0 Å². The molecule has 0 radical (unpaired) electrons. The summed E-state index contributed by atoms with van der Waals surface area (Å²) < 4.78 is 24.4. The molecule has 0 aromatic carbocycles. The van der Waals surface area contributed by atoms with E-state index in [1.165, 1.54) is 6.20 Å².